The fourth-order valence-corrected chi connectivity index (χ4v) is 6.41. The number of nitrogens with one attached hydrogen (secondary N) is 3. The third-order valence-electron chi connectivity index (χ3n) is 8.47. The van der Waals surface area contributed by atoms with E-state index in [2.05, 4.69) is 20.7 Å². The minimum atomic E-state index is -4.60. The number of hydrogen-bond acceptors (Lipinski definition) is 5. The molecular formula is C25H41F3N4O3. The molecule has 0 radical (unpaired) electrons. The average Bonchev–Trinajstić information content (AvgIpc) is 3.28. The van der Waals surface area contributed by atoms with E-state index < -0.39 is 12.5 Å². The summed E-state index contributed by atoms with van der Waals surface area (Å²) >= 11 is 0. The number of carbonyl (C=O) groups is 2. The maximum Gasteiger partial charge on any atom is 0.522 e. The lowest BCUT2D eigenvalue weighted by atomic mass is 9.85. The summed E-state index contributed by atoms with van der Waals surface area (Å²) in [4.78, 5) is 27.2. The fourth-order valence-electron chi connectivity index (χ4n) is 6.41. The van der Waals surface area contributed by atoms with Crippen molar-refractivity contribution in [3.8, 4) is 0 Å². The molecule has 3 N–H and O–H groups in total. The minimum absolute atomic E-state index is 0.0565. The molecule has 2 amide bonds. The minimum Gasteiger partial charge on any atom is -0.355 e. The van der Waals surface area contributed by atoms with Crippen LogP contribution in [-0.2, 0) is 14.3 Å². The Kier molecular flexibility index (Phi) is 9.32. The number of fused-ring (bicyclic) bond motifs is 1. The van der Waals surface area contributed by atoms with Crippen LogP contribution in [0.5, 0.6) is 0 Å². The Balaban J connectivity index is 1.04. The van der Waals surface area contributed by atoms with Crippen molar-refractivity contribution in [1.29, 1.82) is 0 Å². The molecule has 1 saturated carbocycles. The highest BCUT2D eigenvalue weighted by Gasteiger charge is 2.39. The van der Waals surface area contributed by atoms with Crippen molar-refractivity contribution in [2.75, 3.05) is 32.7 Å². The first-order valence-corrected chi connectivity index (χ1v) is 13.6. The molecule has 3 atom stereocenters. The molecule has 3 saturated heterocycles. The summed E-state index contributed by atoms with van der Waals surface area (Å²) in [6, 6.07) is 0.419. The molecule has 0 aromatic carbocycles. The predicted molar refractivity (Wildman–Crippen MR) is 125 cm³/mol. The second kappa shape index (κ2) is 12.2. The van der Waals surface area contributed by atoms with E-state index in [0.29, 0.717) is 37.3 Å². The van der Waals surface area contributed by atoms with E-state index >= 15 is 0 Å². The van der Waals surface area contributed by atoms with Crippen LogP contribution in [0, 0.1) is 17.8 Å². The number of rotatable bonds is 8. The van der Waals surface area contributed by atoms with Crippen molar-refractivity contribution in [1.82, 2.24) is 20.9 Å². The van der Waals surface area contributed by atoms with E-state index in [1.54, 1.807) is 0 Å². The molecule has 4 rings (SSSR count). The first-order valence-electron chi connectivity index (χ1n) is 13.6. The van der Waals surface area contributed by atoms with E-state index in [0.717, 1.165) is 71.1 Å². The summed E-state index contributed by atoms with van der Waals surface area (Å²) in [6.07, 6.45) is 3.22. The predicted octanol–water partition coefficient (Wildman–Crippen LogP) is 2.95. The average molecular weight is 503 g/mol. The molecule has 7 nitrogen and oxygen atoms in total. The van der Waals surface area contributed by atoms with Gasteiger partial charge >= 0.3 is 6.36 Å². The van der Waals surface area contributed by atoms with Gasteiger partial charge in [0.1, 0.15) is 0 Å². The van der Waals surface area contributed by atoms with Gasteiger partial charge in [0.25, 0.3) is 0 Å². The molecule has 4 fully saturated rings. The van der Waals surface area contributed by atoms with Crippen LogP contribution in [0.25, 0.3) is 0 Å². The van der Waals surface area contributed by atoms with Gasteiger partial charge in [0, 0.05) is 31.6 Å². The number of ether oxygens (including phenoxy) is 1. The molecule has 1 aliphatic carbocycles. The summed E-state index contributed by atoms with van der Waals surface area (Å²) in [5, 5.41) is 10.0. The van der Waals surface area contributed by atoms with Gasteiger partial charge in [-0.1, -0.05) is 12.8 Å². The second-order valence-corrected chi connectivity index (χ2v) is 10.9. The summed E-state index contributed by atoms with van der Waals surface area (Å²) in [5.41, 5.74) is 0. The topological polar surface area (TPSA) is 82.7 Å². The van der Waals surface area contributed by atoms with Gasteiger partial charge in [0.2, 0.25) is 11.8 Å². The van der Waals surface area contributed by atoms with Crippen molar-refractivity contribution < 1.29 is 27.5 Å². The highest BCUT2D eigenvalue weighted by molar-refractivity contribution is 5.82. The zero-order chi connectivity index (χ0) is 24.8. The van der Waals surface area contributed by atoms with Crippen LogP contribution in [-0.4, -0.2) is 74.0 Å². The van der Waals surface area contributed by atoms with Gasteiger partial charge in [-0.25, -0.2) is 0 Å². The Morgan fingerprint density at radius 3 is 2.43 bits per heavy atom. The lowest BCUT2D eigenvalue weighted by Crippen LogP contribution is -2.45. The summed E-state index contributed by atoms with van der Waals surface area (Å²) in [7, 11) is 0. The molecule has 3 heterocycles. The highest BCUT2D eigenvalue weighted by atomic mass is 19.4. The van der Waals surface area contributed by atoms with Gasteiger partial charge < -0.3 is 20.9 Å². The van der Waals surface area contributed by atoms with Crippen molar-refractivity contribution in [3.63, 3.8) is 0 Å². The van der Waals surface area contributed by atoms with Crippen LogP contribution >= 0.6 is 0 Å². The highest BCUT2D eigenvalue weighted by Crippen LogP contribution is 2.33. The van der Waals surface area contributed by atoms with Gasteiger partial charge in [0.05, 0.1) is 12.1 Å². The van der Waals surface area contributed by atoms with Crippen LogP contribution in [0.3, 0.4) is 0 Å². The molecule has 35 heavy (non-hydrogen) atoms. The lowest BCUT2D eigenvalue weighted by Gasteiger charge is -2.36. The van der Waals surface area contributed by atoms with Crippen molar-refractivity contribution >= 4 is 11.8 Å². The Bertz CT molecular complexity index is 693. The molecule has 0 aromatic rings. The monoisotopic (exact) mass is 502 g/mol. The van der Waals surface area contributed by atoms with Crippen molar-refractivity contribution in [2.24, 2.45) is 17.8 Å². The largest absolute Gasteiger partial charge is 0.522 e. The summed E-state index contributed by atoms with van der Waals surface area (Å²) < 4.78 is 41.3. The number of amides is 2. The zero-order valence-corrected chi connectivity index (χ0v) is 20.6. The molecule has 0 bridgehead atoms. The molecule has 0 spiro atoms. The number of piperidine rings is 2. The smallest absolute Gasteiger partial charge is 0.355 e. The van der Waals surface area contributed by atoms with Gasteiger partial charge in [0.15, 0.2) is 0 Å². The molecule has 200 valence electrons. The maximum atomic E-state index is 12.8. The van der Waals surface area contributed by atoms with Gasteiger partial charge in [-0.15, -0.1) is 13.2 Å². The van der Waals surface area contributed by atoms with Crippen LogP contribution < -0.4 is 16.0 Å². The normalized spacial score (nSPS) is 32.3. The maximum absolute atomic E-state index is 12.8. The Morgan fingerprint density at radius 2 is 1.74 bits per heavy atom. The number of likely N-dealkylation sites (tertiary alicyclic amines) is 1. The van der Waals surface area contributed by atoms with Gasteiger partial charge in [-0.2, -0.15) is 0 Å². The summed E-state index contributed by atoms with van der Waals surface area (Å²) in [5.74, 6) is 1.23. The number of nitrogens with zero attached hydrogens (tertiary/aromatic N) is 1. The Labute approximate surface area is 206 Å². The number of unbranched alkanes of at least 4 members (excludes halogenated alkanes) is 1. The first-order chi connectivity index (χ1) is 16.8. The van der Waals surface area contributed by atoms with E-state index in [9.17, 15) is 22.8 Å². The van der Waals surface area contributed by atoms with E-state index in [1.165, 1.54) is 0 Å². The van der Waals surface area contributed by atoms with Crippen molar-refractivity contribution in [2.45, 2.75) is 95.2 Å². The fraction of sp³-hybridized carbons (Fsp3) is 0.920. The molecule has 0 aromatic heterocycles. The Hall–Kier alpha value is -1.39. The number of halogens is 3. The molecule has 10 heteroatoms. The van der Waals surface area contributed by atoms with Crippen LogP contribution in [0.4, 0.5) is 13.2 Å². The summed E-state index contributed by atoms with van der Waals surface area (Å²) in [6.45, 7) is 4.22. The van der Waals surface area contributed by atoms with Crippen molar-refractivity contribution in [3.05, 3.63) is 0 Å². The van der Waals surface area contributed by atoms with Gasteiger partial charge in [-0.05, 0) is 82.7 Å². The van der Waals surface area contributed by atoms with E-state index in [-0.39, 0.29) is 36.6 Å². The number of hydrogen-bond donors (Lipinski definition) is 3. The lowest BCUT2D eigenvalue weighted by molar-refractivity contribution is -0.345. The third-order valence-corrected chi connectivity index (χ3v) is 8.47. The molecule has 3 unspecified atom stereocenters. The molecule has 3 aliphatic heterocycles. The second-order valence-electron chi connectivity index (χ2n) is 10.9. The van der Waals surface area contributed by atoms with E-state index in [4.69, 9.17) is 0 Å². The Morgan fingerprint density at radius 1 is 1.00 bits per heavy atom. The SMILES string of the molecule is O=C(NCCCCC1CCN(C(=O)C2CCC(OC(F)(F)F)CC2)CC1)C1CC2CNCCC2N1. The van der Waals surface area contributed by atoms with Crippen LogP contribution in [0.2, 0.25) is 0 Å². The quantitative estimate of drug-likeness (QED) is 0.445. The molecule has 4 aliphatic rings. The molecular weight excluding hydrogens is 461 g/mol. The first kappa shape index (κ1) is 26.7. The van der Waals surface area contributed by atoms with Crippen LogP contribution in [0.15, 0.2) is 0 Å². The van der Waals surface area contributed by atoms with E-state index in [1.807, 2.05) is 4.90 Å². The third kappa shape index (κ3) is 7.79. The number of carbonyl (C=O) groups excluding carboxylic acids is 2. The van der Waals surface area contributed by atoms with Crippen LogP contribution in [0.1, 0.15) is 70.6 Å². The zero-order valence-electron chi connectivity index (χ0n) is 20.6. The number of alkyl halides is 3. The standard InChI is InChI=1S/C25H41F3N4O3/c26-25(27,28)35-20-6-4-18(5-7-20)24(34)32-13-9-17(10-14-32)3-1-2-11-30-23(33)22-15-19-16-29-12-8-21(19)31-22/h17-22,29,31H,1-16H2,(H,30,33). The van der Waals surface area contributed by atoms with Gasteiger partial charge in [-0.3, -0.25) is 14.3 Å².